The number of carbonyl (C=O) groups is 1. The van der Waals surface area contributed by atoms with Crippen molar-refractivity contribution in [3.63, 3.8) is 0 Å². The molecular formula is C18H30N2O. The summed E-state index contributed by atoms with van der Waals surface area (Å²) in [6.45, 7) is 13.6. The van der Waals surface area contributed by atoms with Crippen LogP contribution in [0.5, 0.6) is 0 Å². The molecule has 3 nitrogen and oxygen atoms in total. The molecule has 21 heavy (non-hydrogen) atoms. The van der Waals surface area contributed by atoms with E-state index in [9.17, 15) is 4.79 Å². The van der Waals surface area contributed by atoms with E-state index in [1.807, 2.05) is 20.8 Å². The maximum absolute atomic E-state index is 12.0. The van der Waals surface area contributed by atoms with Crippen molar-refractivity contribution < 1.29 is 4.79 Å². The zero-order chi connectivity index (χ0) is 16.0. The van der Waals surface area contributed by atoms with E-state index in [0.717, 1.165) is 12.1 Å². The third-order valence-electron chi connectivity index (χ3n) is 3.70. The topological polar surface area (TPSA) is 41.1 Å². The fourth-order valence-corrected chi connectivity index (χ4v) is 2.35. The summed E-state index contributed by atoms with van der Waals surface area (Å²) in [5.74, 6) is 0.0934. The molecule has 0 bridgehead atoms. The molecule has 0 saturated carbocycles. The number of rotatable bonds is 6. The Labute approximate surface area is 129 Å². The summed E-state index contributed by atoms with van der Waals surface area (Å²) in [6, 6.07) is 8.78. The van der Waals surface area contributed by atoms with Crippen molar-refractivity contribution in [2.75, 3.05) is 6.54 Å². The Morgan fingerprint density at radius 2 is 1.71 bits per heavy atom. The highest BCUT2D eigenvalue weighted by Gasteiger charge is 2.15. The summed E-state index contributed by atoms with van der Waals surface area (Å²) >= 11 is 0. The fraction of sp³-hybridized carbons (Fsp3) is 0.611. The van der Waals surface area contributed by atoms with Gasteiger partial charge in [0.25, 0.3) is 0 Å². The molecule has 0 fully saturated rings. The highest BCUT2D eigenvalue weighted by Crippen LogP contribution is 2.23. The number of carbonyl (C=O) groups excluding carboxylic acids is 1. The highest BCUT2D eigenvalue weighted by molar-refractivity contribution is 5.77. The largest absolute Gasteiger partial charge is 0.350 e. The molecule has 1 aromatic rings. The Hall–Kier alpha value is -1.35. The minimum Gasteiger partial charge on any atom is -0.350 e. The lowest BCUT2D eigenvalue weighted by Gasteiger charge is -2.21. The zero-order valence-corrected chi connectivity index (χ0v) is 14.3. The van der Waals surface area contributed by atoms with Gasteiger partial charge in [-0.2, -0.15) is 0 Å². The van der Waals surface area contributed by atoms with Crippen LogP contribution in [0.2, 0.25) is 0 Å². The van der Waals surface area contributed by atoms with Gasteiger partial charge in [0.15, 0.2) is 0 Å². The number of hydrogen-bond acceptors (Lipinski definition) is 2. The molecule has 0 radical (unpaired) electrons. The van der Waals surface area contributed by atoms with E-state index >= 15 is 0 Å². The van der Waals surface area contributed by atoms with Crippen molar-refractivity contribution in [1.29, 1.82) is 0 Å². The van der Waals surface area contributed by atoms with Gasteiger partial charge in [0, 0.05) is 12.5 Å². The van der Waals surface area contributed by atoms with Gasteiger partial charge in [-0.05, 0) is 36.9 Å². The third-order valence-corrected chi connectivity index (χ3v) is 3.70. The molecule has 2 atom stereocenters. The van der Waals surface area contributed by atoms with Gasteiger partial charge in [0.05, 0.1) is 6.04 Å². The van der Waals surface area contributed by atoms with Crippen LogP contribution in [0.3, 0.4) is 0 Å². The Morgan fingerprint density at radius 1 is 1.14 bits per heavy atom. The first-order valence-electron chi connectivity index (χ1n) is 7.87. The molecule has 0 aliphatic carbocycles. The standard InChI is InChI=1S/C18H30N2O/c1-7-19-13(2)12-17(21)20-14(3)15-8-10-16(11-9-15)18(4,5)6/h8-11,13-14,19H,7,12H2,1-6H3,(H,20,21). The average Bonchev–Trinajstić information content (AvgIpc) is 2.37. The van der Waals surface area contributed by atoms with Gasteiger partial charge in [0.2, 0.25) is 5.91 Å². The predicted octanol–water partition coefficient (Wildman–Crippen LogP) is 3.55. The fourth-order valence-electron chi connectivity index (χ4n) is 2.35. The molecular weight excluding hydrogens is 260 g/mol. The Bertz CT molecular complexity index is 445. The van der Waals surface area contributed by atoms with E-state index in [0.29, 0.717) is 6.42 Å². The minimum atomic E-state index is 0.0420. The van der Waals surface area contributed by atoms with Crippen LogP contribution in [0.15, 0.2) is 24.3 Å². The SMILES string of the molecule is CCNC(C)CC(=O)NC(C)c1ccc(C(C)(C)C)cc1. The van der Waals surface area contributed by atoms with Gasteiger partial charge in [-0.1, -0.05) is 52.0 Å². The molecule has 118 valence electrons. The average molecular weight is 290 g/mol. The molecule has 0 aromatic heterocycles. The van der Waals surface area contributed by atoms with Crippen molar-refractivity contribution in [2.45, 2.75) is 65.5 Å². The Kier molecular flexibility index (Phi) is 6.41. The molecule has 0 heterocycles. The van der Waals surface area contributed by atoms with Crippen molar-refractivity contribution in [3.05, 3.63) is 35.4 Å². The quantitative estimate of drug-likeness (QED) is 0.841. The molecule has 0 aliphatic rings. The zero-order valence-electron chi connectivity index (χ0n) is 14.3. The maximum atomic E-state index is 12.0. The Morgan fingerprint density at radius 3 is 2.19 bits per heavy atom. The summed E-state index contributed by atoms with van der Waals surface area (Å²) in [4.78, 5) is 12.0. The number of nitrogens with one attached hydrogen (secondary N) is 2. The van der Waals surface area contributed by atoms with E-state index in [4.69, 9.17) is 0 Å². The molecule has 1 amide bonds. The van der Waals surface area contributed by atoms with Crippen LogP contribution in [0.1, 0.15) is 65.1 Å². The molecule has 2 unspecified atom stereocenters. The molecule has 1 rings (SSSR count). The Balaban J connectivity index is 2.59. The lowest BCUT2D eigenvalue weighted by atomic mass is 9.86. The van der Waals surface area contributed by atoms with Crippen LogP contribution in [0, 0.1) is 0 Å². The van der Waals surface area contributed by atoms with Crippen LogP contribution in [-0.4, -0.2) is 18.5 Å². The number of amides is 1. The first kappa shape index (κ1) is 17.7. The molecule has 3 heteroatoms. The van der Waals surface area contributed by atoms with Gasteiger partial charge < -0.3 is 10.6 Å². The van der Waals surface area contributed by atoms with Gasteiger partial charge in [-0.25, -0.2) is 0 Å². The number of hydrogen-bond donors (Lipinski definition) is 2. The van der Waals surface area contributed by atoms with Gasteiger partial charge in [-0.3, -0.25) is 4.79 Å². The van der Waals surface area contributed by atoms with E-state index < -0.39 is 0 Å². The van der Waals surface area contributed by atoms with Crippen LogP contribution in [0.4, 0.5) is 0 Å². The molecule has 0 aliphatic heterocycles. The van der Waals surface area contributed by atoms with E-state index in [1.165, 1.54) is 5.56 Å². The van der Waals surface area contributed by atoms with Crippen LogP contribution in [0.25, 0.3) is 0 Å². The van der Waals surface area contributed by atoms with E-state index in [-0.39, 0.29) is 23.4 Å². The second kappa shape index (κ2) is 7.60. The van der Waals surface area contributed by atoms with Gasteiger partial charge in [-0.15, -0.1) is 0 Å². The van der Waals surface area contributed by atoms with Crippen molar-refractivity contribution >= 4 is 5.91 Å². The summed E-state index contributed by atoms with van der Waals surface area (Å²) < 4.78 is 0. The predicted molar refractivity (Wildman–Crippen MR) is 89.5 cm³/mol. The lowest BCUT2D eigenvalue weighted by molar-refractivity contribution is -0.122. The number of benzene rings is 1. The minimum absolute atomic E-state index is 0.0420. The highest BCUT2D eigenvalue weighted by atomic mass is 16.1. The molecule has 0 spiro atoms. The summed E-state index contributed by atoms with van der Waals surface area (Å²) in [5, 5.41) is 6.32. The molecule has 2 N–H and O–H groups in total. The second-order valence-corrected chi connectivity index (χ2v) is 6.82. The third kappa shape index (κ3) is 5.88. The summed E-state index contributed by atoms with van der Waals surface area (Å²) in [7, 11) is 0. The first-order valence-corrected chi connectivity index (χ1v) is 7.87. The normalized spacial score (nSPS) is 14.6. The first-order chi connectivity index (χ1) is 9.74. The van der Waals surface area contributed by atoms with Crippen LogP contribution in [-0.2, 0) is 10.2 Å². The van der Waals surface area contributed by atoms with E-state index in [2.05, 4.69) is 55.7 Å². The summed E-state index contributed by atoms with van der Waals surface area (Å²) in [6.07, 6.45) is 0.512. The van der Waals surface area contributed by atoms with E-state index in [1.54, 1.807) is 0 Å². The second-order valence-electron chi connectivity index (χ2n) is 6.82. The summed E-state index contributed by atoms with van der Waals surface area (Å²) in [5.41, 5.74) is 2.62. The smallest absolute Gasteiger partial charge is 0.222 e. The molecule has 1 aromatic carbocycles. The van der Waals surface area contributed by atoms with Crippen LogP contribution < -0.4 is 10.6 Å². The monoisotopic (exact) mass is 290 g/mol. The van der Waals surface area contributed by atoms with Crippen LogP contribution >= 0.6 is 0 Å². The van der Waals surface area contributed by atoms with Gasteiger partial charge in [0.1, 0.15) is 0 Å². The van der Waals surface area contributed by atoms with Crippen molar-refractivity contribution in [2.24, 2.45) is 0 Å². The van der Waals surface area contributed by atoms with Crippen molar-refractivity contribution in [3.8, 4) is 0 Å². The maximum Gasteiger partial charge on any atom is 0.222 e. The molecule has 0 saturated heterocycles. The lowest BCUT2D eigenvalue weighted by Crippen LogP contribution is -2.34. The van der Waals surface area contributed by atoms with Gasteiger partial charge >= 0.3 is 0 Å². The van der Waals surface area contributed by atoms with Crippen molar-refractivity contribution in [1.82, 2.24) is 10.6 Å².